The van der Waals surface area contributed by atoms with Gasteiger partial charge < -0.3 is 5.11 Å². The maximum Gasteiger partial charge on any atom is 0.0642 e. The number of fused-ring (bicyclic) bond motifs is 1. The van der Waals surface area contributed by atoms with Crippen molar-refractivity contribution in [2.75, 3.05) is 5.75 Å². The molecule has 1 nitrogen and oxygen atoms in total. The van der Waals surface area contributed by atoms with E-state index in [1.165, 1.54) is 10.5 Å². The average Bonchev–Trinajstić information content (AvgIpc) is 2.70. The molecule has 0 bridgehead atoms. The summed E-state index contributed by atoms with van der Waals surface area (Å²) >= 11 is 1.87. The van der Waals surface area contributed by atoms with Crippen LogP contribution in [-0.2, 0) is 0 Å². The summed E-state index contributed by atoms with van der Waals surface area (Å²) in [6.07, 6.45) is 0.857. The molecule has 0 radical (unpaired) electrons. The zero-order valence-electron chi connectivity index (χ0n) is 9.31. The molecule has 1 heterocycles. The molecule has 3 unspecified atom stereocenters. The summed E-state index contributed by atoms with van der Waals surface area (Å²) < 4.78 is 0. The van der Waals surface area contributed by atoms with E-state index in [1.807, 2.05) is 11.8 Å². The van der Waals surface area contributed by atoms with E-state index in [1.54, 1.807) is 0 Å². The second kappa shape index (κ2) is 4.58. The lowest BCUT2D eigenvalue weighted by Crippen LogP contribution is -2.25. The Morgan fingerprint density at radius 1 is 1.47 bits per heavy atom. The van der Waals surface area contributed by atoms with E-state index in [9.17, 15) is 5.11 Å². The van der Waals surface area contributed by atoms with Gasteiger partial charge in [-0.2, -0.15) is 0 Å². The van der Waals surface area contributed by atoms with Crippen molar-refractivity contribution in [1.82, 2.24) is 0 Å². The second-order valence-electron chi connectivity index (χ2n) is 4.33. The van der Waals surface area contributed by atoms with Crippen LogP contribution in [0.4, 0.5) is 0 Å². The minimum Gasteiger partial charge on any atom is -0.392 e. The van der Waals surface area contributed by atoms with E-state index in [0.717, 1.165) is 12.2 Å². The average molecular weight is 222 g/mol. The first kappa shape index (κ1) is 11.0. The Hall–Kier alpha value is -0.470. The van der Waals surface area contributed by atoms with E-state index >= 15 is 0 Å². The molecule has 1 N–H and O–H groups in total. The number of benzene rings is 1. The molecule has 2 heteroatoms. The Kier molecular flexibility index (Phi) is 3.37. The van der Waals surface area contributed by atoms with Crippen LogP contribution in [0.5, 0.6) is 0 Å². The lowest BCUT2D eigenvalue weighted by molar-refractivity contribution is 0.0936. The van der Waals surface area contributed by atoms with Crippen molar-refractivity contribution in [3.63, 3.8) is 0 Å². The zero-order valence-corrected chi connectivity index (χ0v) is 10.1. The normalized spacial score (nSPS) is 23.5. The summed E-state index contributed by atoms with van der Waals surface area (Å²) in [4.78, 5) is 1.35. The largest absolute Gasteiger partial charge is 0.392 e. The predicted molar refractivity (Wildman–Crippen MR) is 65.4 cm³/mol. The van der Waals surface area contributed by atoms with E-state index in [2.05, 4.69) is 38.1 Å². The van der Waals surface area contributed by atoms with E-state index in [0.29, 0.717) is 11.8 Å². The summed E-state index contributed by atoms with van der Waals surface area (Å²) in [6.45, 7) is 4.28. The molecule has 1 aliphatic heterocycles. The number of hydrogen-bond donors (Lipinski definition) is 1. The Bertz CT molecular complexity index is 337. The topological polar surface area (TPSA) is 20.2 Å². The molecule has 1 aliphatic rings. The zero-order chi connectivity index (χ0) is 10.8. The predicted octanol–water partition coefficient (Wildman–Crippen LogP) is 3.28. The van der Waals surface area contributed by atoms with Gasteiger partial charge in [-0.1, -0.05) is 38.5 Å². The molecular weight excluding hydrogens is 204 g/mol. The van der Waals surface area contributed by atoms with Crippen LogP contribution >= 0.6 is 11.8 Å². The van der Waals surface area contributed by atoms with Crippen molar-refractivity contribution in [2.24, 2.45) is 5.92 Å². The second-order valence-corrected chi connectivity index (χ2v) is 5.39. The van der Waals surface area contributed by atoms with E-state index in [4.69, 9.17) is 0 Å². The SMILES string of the molecule is CCC(C)C(O)C1CSc2ccccc21. The van der Waals surface area contributed by atoms with Crippen molar-refractivity contribution in [3.05, 3.63) is 29.8 Å². The highest BCUT2D eigenvalue weighted by atomic mass is 32.2. The third-order valence-electron chi connectivity index (χ3n) is 3.38. The third-order valence-corrected chi connectivity index (χ3v) is 4.58. The van der Waals surface area contributed by atoms with Crippen molar-refractivity contribution in [2.45, 2.75) is 37.2 Å². The first-order valence-electron chi connectivity index (χ1n) is 5.63. The molecule has 0 saturated heterocycles. The number of hydrogen-bond acceptors (Lipinski definition) is 2. The van der Waals surface area contributed by atoms with Crippen molar-refractivity contribution in [1.29, 1.82) is 0 Å². The molecular formula is C13H18OS. The van der Waals surface area contributed by atoms with Gasteiger partial charge in [0, 0.05) is 16.6 Å². The van der Waals surface area contributed by atoms with Crippen LogP contribution in [-0.4, -0.2) is 17.0 Å². The highest BCUT2D eigenvalue weighted by Gasteiger charge is 2.31. The molecule has 1 aromatic rings. The number of aliphatic hydroxyl groups is 1. The highest BCUT2D eigenvalue weighted by Crippen LogP contribution is 2.42. The lowest BCUT2D eigenvalue weighted by atomic mass is 9.87. The fourth-order valence-electron chi connectivity index (χ4n) is 2.11. The van der Waals surface area contributed by atoms with Gasteiger partial charge in [-0.15, -0.1) is 11.8 Å². The van der Waals surface area contributed by atoms with Gasteiger partial charge in [-0.05, 0) is 17.5 Å². The lowest BCUT2D eigenvalue weighted by Gasteiger charge is -2.23. The van der Waals surface area contributed by atoms with Gasteiger partial charge in [0.2, 0.25) is 0 Å². The van der Waals surface area contributed by atoms with Crippen LogP contribution in [0.25, 0.3) is 0 Å². The summed E-state index contributed by atoms with van der Waals surface area (Å²) in [6, 6.07) is 8.46. The Labute approximate surface area is 95.9 Å². The number of thioether (sulfide) groups is 1. The van der Waals surface area contributed by atoms with E-state index in [-0.39, 0.29) is 6.10 Å². The number of aliphatic hydroxyl groups excluding tert-OH is 1. The van der Waals surface area contributed by atoms with Gasteiger partial charge in [-0.3, -0.25) is 0 Å². The third kappa shape index (κ3) is 2.06. The van der Waals surface area contributed by atoms with Crippen molar-refractivity contribution in [3.8, 4) is 0 Å². The first-order chi connectivity index (χ1) is 7.24. The molecule has 0 aliphatic carbocycles. The van der Waals surface area contributed by atoms with Crippen LogP contribution in [0, 0.1) is 5.92 Å². The van der Waals surface area contributed by atoms with Gasteiger partial charge in [0.1, 0.15) is 0 Å². The molecule has 0 saturated carbocycles. The maximum atomic E-state index is 10.3. The highest BCUT2D eigenvalue weighted by molar-refractivity contribution is 7.99. The monoisotopic (exact) mass is 222 g/mol. The summed E-state index contributed by atoms with van der Waals surface area (Å²) in [5, 5.41) is 10.3. The van der Waals surface area contributed by atoms with Crippen molar-refractivity contribution >= 4 is 11.8 Å². The molecule has 15 heavy (non-hydrogen) atoms. The van der Waals surface area contributed by atoms with Crippen LogP contribution in [0.15, 0.2) is 29.2 Å². The van der Waals surface area contributed by atoms with Gasteiger partial charge in [0.05, 0.1) is 6.10 Å². The fraction of sp³-hybridized carbons (Fsp3) is 0.538. The van der Waals surface area contributed by atoms with Gasteiger partial charge in [0.25, 0.3) is 0 Å². The molecule has 2 rings (SSSR count). The quantitative estimate of drug-likeness (QED) is 0.847. The minimum atomic E-state index is -0.189. The molecule has 0 fully saturated rings. The van der Waals surface area contributed by atoms with Gasteiger partial charge >= 0.3 is 0 Å². The Morgan fingerprint density at radius 2 is 2.20 bits per heavy atom. The Balaban J connectivity index is 2.20. The van der Waals surface area contributed by atoms with Crippen LogP contribution < -0.4 is 0 Å². The first-order valence-corrected chi connectivity index (χ1v) is 6.62. The van der Waals surface area contributed by atoms with Crippen LogP contribution in [0.1, 0.15) is 31.7 Å². The minimum absolute atomic E-state index is 0.189. The van der Waals surface area contributed by atoms with Crippen LogP contribution in [0.2, 0.25) is 0 Å². The molecule has 1 aromatic carbocycles. The fourth-order valence-corrected chi connectivity index (χ4v) is 3.40. The van der Waals surface area contributed by atoms with Crippen molar-refractivity contribution < 1.29 is 5.11 Å². The number of rotatable bonds is 3. The molecule has 3 atom stereocenters. The van der Waals surface area contributed by atoms with Gasteiger partial charge in [-0.25, -0.2) is 0 Å². The molecule has 82 valence electrons. The van der Waals surface area contributed by atoms with E-state index < -0.39 is 0 Å². The molecule has 0 aromatic heterocycles. The summed E-state index contributed by atoms with van der Waals surface area (Å²) in [7, 11) is 0. The smallest absolute Gasteiger partial charge is 0.0642 e. The summed E-state index contributed by atoms with van der Waals surface area (Å²) in [5.41, 5.74) is 1.34. The Morgan fingerprint density at radius 3 is 2.93 bits per heavy atom. The standard InChI is InChI=1S/C13H18OS/c1-3-9(2)13(14)11-8-15-12-7-5-4-6-10(11)12/h4-7,9,11,13-14H,3,8H2,1-2H3. The van der Waals surface area contributed by atoms with Gasteiger partial charge in [0.15, 0.2) is 0 Å². The summed E-state index contributed by atoms with van der Waals surface area (Å²) in [5.74, 6) is 1.76. The van der Waals surface area contributed by atoms with Crippen LogP contribution in [0.3, 0.4) is 0 Å². The molecule has 0 amide bonds. The maximum absolute atomic E-state index is 10.3. The molecule has 0 spiro atoms.